The van der Waals surface area contributed by atoms with Crippen LogP contribution in [-0.4, -0.2) is 27.1 Å². The fourth-order valence-electron chi connectivity index (χ4n) is 2.63. The molecule has 0 bridgehead atoms. The number of aromatic nitrogens is 2. The van der Waals surface area contributed by atoms with Gasteiger partial charge in [-0.2, -0.15) is 0 Å². The highest BCUT2D eigenvalue weighted by Crippen LogP contribution is 2.21. The number of thioether (sulfide) groups is 1. The van der Waals surface area contributed by atoms with Gasteiger partial charge in [0.2, 0.25) is 5.91 Å². The summed E-state index contributed by atoms with van der Waals surface area (Å²) in [5, 5.41) is 1.37. The summed E-state index contributed by atoms with van der Waals surface area (Å²) in [4.78, 5) is 41.5. The minimum absolute atomic E-state index is 0.0430. The smallest absolute Gasteiger partial charge is 0.305 e. The summed E-state index contributed by atoms with van der Waals surface area (Å²) < 4.78 is 6.53. The first-order valence-corrected chi connectivity index (χ1v) is 10.7. The van der Waals surface area contributed by atoms with Crippen LogP contribution < -0.4 is 16.4 Å². The van der Waals surface area contributed by atoms with E-state index in [1.165, 1.54) is 12.3 Å². The van der Waals surface area contributed by atoms with E-state index in [0.29, 0.717) is 33.5 Å². The second-order valence-corrected chi connectivity index (χ2v) is 8.34. The van der Waals surface area contributed by atoms with Crippen LogP contribution in [0.5, 0.6) is 0 Å². The summed E-state index contributed by atoms with van der Waals surface area (Å²) >= 11 is 7.15. The molecule has 0 aliphatic heterocycles. The minimum Gasteiger partial charge on any atom is -0.459 e. The maximum absolute atomic E-state index is 13.0. The Morgan fingerprint density at radius 3 is 2.77 bits per heavy atom. The molecule has 0 fully saturated rings. The van der Waals surface area contributed by atoms with Gasteiger partial charge in [-0.25, -0.2) is 4.98 Å². The van der Waals surface area contributed by atoms with Crippen molar-refractivity contribution < 1.29 is 14.0 Å². The van der Waals surface area contributed by atoms with Crippen molar-refractivity contribution in [3.05, 3.63) is 57.7 Å². The van der Waals surface area contributed by atoms with Gasteiger partial charge in [-0.05, 0) is 42.7 Å². The molecule has 3 aromatic rings. The van der Waals surface area contributed by atoms with Gasteiger partial charge in [0.1, 0.15) is 0 Å². The van der Waals surface area contributed by atoms with E-state index in [1.54, 1.807) is 28.8 Å². The van der Waals surface area contributed by atoms with Crippen molar-refractivity contribution in [2.45, 2.75) is 32.0 Å². The summed E-state index contributed by atoms with van der Waals surface area (Å²) in [6, 6.07) is 7.99. The number of amides is 2. The van der Waals surface area contributed by atoms with Gasteiger partial charge in [0, 0.05) is 11.6 Å². The summed E-state index contributed by atoms with van der Waals surface area (Å²) in [7, 11) is 0. The highest BCUT2D eigenvalue weighted by atomic mass is 35.5. The van der Waals surface area contributed by atoms with E-state index < -0.39 is 11.8 Å². The van der Waals surface area contributed by atoms with Gasteiger partial charge in [0.15, 0.2) is 10.9 Å². The van der Waals surface area contributed by atoms with Crippen LogP contribution in [0.15, 0.2) is 51.0 Å². The molecule has 0 radical (unpaired) electrons. The average Bonchev–Trinajstić information content (AvgIpc) is 3.24. The van der Waals surface area contributed by atoms with Crippen LogP contribution in [0.2, 0.25) is 5.02 Å². The van der Waals surface area contributed by atoms with E-state index >= 15 is 0 Å². The molecule has 0 spiro atoms. The summed E-state index contributed by atoms with van der Waals surface area (Å²) in [6.07, 6.45) is 2.15. The van der Waals surface area contributed by atoms with Gasteiger partial charge < -0.3 is 4.42 Å². The third-order valence-corrected chi connectivity index (χ3v) is 5.42. The largest absolute Gasteiger partial charge is 0.459 e. The Hall–Kier alpha value is -2.78. The molecular weight excluding hydrogens is 428 g/mol. The molecule has 2 heterocycles. The summed E-state index contributed by atoms with van der Waals surface area (Å²) in [6.45, 7) is 4.63. The molecular formula is C20H21ClN4O4S. The van der Waals surface area contributed by atoms with Crippen molar-refractivity contribution in [1.29, 1.82) is 0 Å². The standard InChI is InChI=1S/C20H21ClN4O4S/c1-12(2)7-8-25-19(28)14-6-5-13(21)10-15(14)22-20(25)30-11-17(26)23-24-18(27)16-4-3-9-29-16/h3-6,9-10,12H,7-8,11H2,1-2H3,(H,23,26)(H,24,27). The monoisotopic (exact) mass is 448 g/mol. The average molecular weight is 449 g/mol. The van der Waals surface area contributed by atoms with Gasteiger partial charge in [-0.1, -0.05) is 37.2 Å². The highest BCUT2D eigenvalue weighted by Gasteiger charge is 2.15. The number of fused-ring (bicyclic) bond motifs is 1. The Kier molecular flexibility index (Phi) is 7.17. The Balaban J connectivity index is 1.74. The van der Waals surface area contributed by atoms with Gasteiger partial charge in [-0.15, -0.1) is 0 Å². The lowest BCUT2D eigenvalue weighted by Crippen LogP contribution is -2.42. The molecule has 3 rings (SSSR count). The molecule has 0 unspecified atom stereocenters. The molecule has 8 nitrogen and oxygen atoms in total. The van der Waals surface area contributed by atoms with Crippen LogP contribution in [0.25, 0.3) is 10.9 Å². The molecule has 0 aliphatic rings. The molecule has 10 heteroatoms. The fourth-order valence-corrected chi connectivity index (χ4v) is 3.62. The summed E-state index contributed by atoms with van der Waals surface area (Å²) in [5.74, 6) is -0.575. The minimum atomic E-state index is -0.564. The molecule has 2 N–H and O–H groups in total. The maximum atomic E-state index is 13.0. The van der Waals surface area contributed by atoms with Crippen molar-refractivity contribution in [2.75, 3.05) is 5.75 Å². The number of halogens is 1. The van der Waals surface area contributed by atoms with Crippen LogP contribution >= 0.6 is 23.4 Å². The number of carbonyl (C=O) groups excluding carboxylic acids is 2. The zero-order valence-electron chi connectivity index (χ0n) is 16.5. The predicted octanol–water partition coefficient (Wildman–Crippen LogP) is 3.24. The van der Waals surface area contributed by atoms with Crippen LogP contribution in [-0.2, 0) is 11.3 Å². The highest BCUT2D eigenvalue weighted by molar-refractivity contribution is 7.99. The predicted molar refractivity (Wildman–Crippen MR) is 116 cm³/mol. The Morgan fingerprint density at radius 1 is 1.27 bits per heavy atom. The first-order valence-electron chi connectivity index (χ1n) is 9.30. The van der Waals surface area contributed by atoms with E-state index in [9.17, 15) is 14.4 Å². The van der Waals surface area contributed by atoms with Crippen molar-refractivity contribution in [1.82, 2.24) is 20.4 Å². The Morgan fingerprint density at radius 2 is 2.07 bits per heavy atom. The molecule has 30 heavy (non-hydrogen) atoms. The quantitative estimate of drug-likeness (QED) is 0.326. The van der Waals surface area contributed by atoms with E-state index in [-0.39, 0.29) is 17.1 Å². The van der Waals surface area contributed by atoms with Crippen molar-refractivity contribution in [3.63, 3.8) is 0 Å². The third kappa shape index (κ3) is 5.43. The van der Waals surface area contributed by atoms with Crippen LogP contribution in [0, 0.1) is 5.92 Å². The molecule has 2 aromatic heterocycles. The van der Waals surface area contributed by atoms with E-state index in [1.807, 2.05) is 0 Å². The SMILES string of the molecule is CC(C)CCn1c(SCC(=O)NNC(=O)c2ccco2)nc2cc(Cl)ccc2c1=O. The van der Waals surface area contributed by atoms with Crippen LogP contribution in [0.4, 0.5) is 0 Å². The van der Waals surface area contributed by atoms with E-state index in [2.05, 4.69) is 29.7 Å². The van der Waals surface area contributed by atoms with Crippen LogP contribution in [0.3, 0.4) is 0 Å². The second kappa shape index (κ2) is 9.82. The molecule has 0 saturated heterocycles. The normalized spacial score (nSPS) is 11.1. The van der Waals surface area contributed by atoms with Gasteiger partial charge in [0.05, 0.1) is 22.9 Å². The lowest BCUT2D eigenvalue weighted by molar-refractivity contribution is -0.119. The number of furan rings is 1. The Labute approximate surface area is 182 Å². The van der Waals surface area contributed by atoms with E-state index in [4.69, 9.17) is 16.0 Å². The van der Waals surface area contributed by atoms with Gasteiger partial charge in [-0.3, -0.25) is 29.8 Å². The van der Waals surface area contributed by atoms with Gasteiger partial charge in [0.25, 0.3) is 5.56 Å². The number of hydrogen-bond donors (Lipinski definition) is 2. The van der Waals surface area contributed by atoms with Crippen molar-refractivity contribution in [3.8, 4) is 0 Å². The Bertz CT molecular complexity index is 1110. The maximum Gasteiger partial charge on any atom is 0.305 e. The number of nitrogens with one attached hydrogen (secondary N) is 2. The molecule has 0 saturated carbocycles. The number of hydrazine groups is 1. The number of benzene rings is 1. The number of nitrogens with zero attached hydrogens (tertiary/aromatic N) is 2. The first-order chi connectivity index (χ1) is 14.3. The zero-order chi connectivity index (χ0) is 21.7. The lowest BCUT2D eigenvalue weighted by atomic mass is 10.1. The number of carbonyl (C=O) groups is 2. The fraction of sp³-hybridized carbons (Fsp3) is 0.300. The second-order valence-electron chi connectivity index (χ2n) is 6.96. The third-order valence-electron chi connectivity index (χ3n) is 4.21. The van der Waals surface area contributed by atoms with Crippen LogP contribution in [0.1, 0.15) is 30.8 Å². The topological polar surface area (TPSA) is 106 Å². The van der Waals surface area contributed by atoms with Crippen molar-refractivity contribution in [2.24, 2.45) is 5.92 Å². The number of rotatable bonds is 7. The lowest BCUT2D eigenvalue weighted by Gasteiger charge is -2.14. The first kappa shape index (κ1) is 21.9. The number of hydrogen-bond acceptors (Lipinski definition) is 6. The van der Waals surface area contributed by atoms with Gasteiger partial charge >= 0.3 is 5.91 Å². The molecule has 0 atom stereocenters. The molecule has 158 valence electrons. The molecule has 2 amide bonds. The molecule has 0 aliphatic carbocycles. The van der Waals surface area contributed by atoms with E-state index in [0.717, 1.165) is 18.2 Å². The summed E-state index contributed by atoms with van der Waals surface area (Å²) in [5.41, 5.74) is 4.89. The zero-order valence-corrected chi connectivity index (χ0v) is 18.0. The molecule has 1 aromatic carbocycles. The van der Waals surface area contributed by atoms with Crippen molar-refractivity contribution >= 4 is 46.1 Å².